The number of nitrogen functional groups attached to an aromatic ring is 1. The van der Waals surface area contributed by atoms with E-state index in [4.69, 9.17) is 20.6 Å². The Hall–Kier alpha value is -1.62. The molecule has 0 saturated carbocycles. The van der Waals surface area contributed by atoms with Crippen LogP contribution in [-0.4, -0.2) is 30.6 Å². The van der Waals surface area contributed by atoms with Gasteiger partial charge in [-0.3, -0.25) is 5.41 Å². The standard InChI is InChI=1S/C16H25N3O2/c1-11(2)10-20-7-8-21-16-13(15(17)18)9-12-5-3-4-6-14(12)19-16/h9,11H,3-8,10H2,1-2H3,(H3,17,18). The van der Waals surface area contributed by atoms with Crippen molar-refractivity contribution in [1.82, 2.24) is 4.98 Å². The lowest BCUT2D eigenvalue weighted by Crippen LogP contribution is -2.19. The minimum absolute atomic E-state index is 0.00831. The topological polar surface area (TPSA) is 81.2 Å². The van der Waals surface area contributed by atoms with Crippen LogP contribution in [0.25, 0.3) is 0 Å². The average molecular weight is 291 g/mol. The van der Waals surface area contributed by atoms with Crippen LogP contribution < -0.4 is 10.5 Å². The summed E-state index contributed by atoms with van der Waals surface area (Å²) in [6.45, 7) is 5.90. The second-order valence-corrected chi connectivity index (χ2v) is 5.88. The van der Waals surface area contributed by atoms with Crippen LogP contribution in [0, 0.1) is 11.3 Å². The molecule has 0 unspecified atom stereocenters. The van der Waals surface area contributed by atoms with Gasteiger partial charge in [-0.1, -0.05) is 13.8 Å². The van der Waals surface area contributed by atoms with Crippen LogP contribution in [0.2, 0.25) is 0 Å². The zero-order valence-electron chi connectivity index (χ0n) is 12.9. The lowest BCUT2D eigenvalue weighted by atomic mass is 9.95. The monoisotopic (exact) mass is 291 g/mol. The molecule has 0 atom stereocenters. The van der Waals surface area contributed by atoms with Gasteiger partial charge in [0, 0.05) is 12.3 Å². The van der Waals surface area contributed by atoms with Crippen LogP contribution in [-0.2, 0) is 17.6 Å². The molecule has 0 amide bonds. The van der Waals surface area contributed by atoms with E-state index < -0.39 is 0 Å². The summed E-state index contributed by atoms with van der Waals surface area (Å²) in [5.74, 6) is 0.991. The summed E-state index contributed by atoms with van der Waals surface area (Å²) in [5.41, 5.74) is 8.54. The maximum Gasteiger partial charge on any atom is 0.224 e. The summed E-state index contributed by atoms with van der Waals surface area (Å²) in [5, 5.41) is 7.69. The molecule has 0 fully saturated rings. The Kier molecular flexibility index (Phi) is 5.56. The van der Waals surface area contributed by atoms with E-state index in [-0.39, 0.29) is 5.84 Å². The first-order chi connectivity index (χ1) is 10.1. The number of hydrogen-bond donors (Lipinski definition) is 2. The van der Waals surface area contributed by atoms with Crippen molar-refractivity contribution in [2.45, 2.75) is 39.5 Å². The predicted molar refractivity (Wildman–Crippen MR) is 83.0 cm³/mol. The molecule has 0 aromatic carbocycles. The molecule has 1 aromatic heterocycles. The molecule has 1 aromatic rings. The van der Waals surface area contributed by atoms with Gasteiger partial charge in [0.15, 0.2) is 0 Å². The molecule has 0 spiro atoms. The fourth-order valence-electron chi connectivity index (χ4n) is 2.43. The van der Waals surface area contributed by atoms with Crippen LogP contribution in [0.5, 0.6) is 5.88 Å². The highest BCUT2D eigenvalue weighted by Crippen LogP contribution is 2.25. The first-order valence-electron chi connectivity index (χ1n) is 7.65. The number of aryl methyl sites for hydroxylation is 2. The van der Waals surface area contributed by atoms with E-state index in [1.54, 1.807) is 0 Å². The van der Waals surface area contributed by atoms with E-state index in [0.29, 0.717) is 30.6 Å². The van der Waals surface area contributed by atoms with Crippen LogP contribution in [0.1, 0.15) is 43.5 Å². The smallest absolute Gasteiger partial charge is 0.224 e. The first kappa shape index (κ1) is 15.8. The van der Waals surface area contributed by atoms with Gasteiger partial charge in [-0.05, 0) is 43.2 Å². The van der Waals surface area contributed by atoms with Crippen molar-refractivity contribution in [2.24, 2.45) is 11.7 Å². The molecule has 5 heteroatoms. The Morgan fingerprint density at radius 3 is 2.81 bits per heavy atom. The van der Waals surface area contributed by atoms with Gasteiger partial charge in [-0.2, -0.15) is 0 Å². The number of hydrogen-bond acceptors (Lipinski definition) is 4. The second kappa shape index (κ2) is 7.41. The molecule has 0 bridgehead atoms. The fraction of sp³-hybridized carbons (Fsp3) is 0.625. The highest BCUT2D eigenvalue weighted by Gasteiger charge is 2.17. The van der Waals surface area contributed by atoms with Crippen LogP contribution in [0.15, 0.2) is 6.07 Å². The Labute approximate surface area is 126 Å². The highest BCUT2D eigenvalue weighted by atomic mass is 16.5. The van der Waals surface area contributed by atoms with E-state index in [2.05, 4.69) is 18.8 Å². The van der Waals surface area contributed by atoms with E-state index in [1.807, 2.05) is 6.07 Å². The number of nitrogens with two attached hydrogens (primary N) is 1. The third kappa shape index (κ3) is 4.43. The van der Waals surface area contributed by atoms with Gasteiger partial charge in [0.25, 0.3) is 0 Å². The molecule has 116 valence electrons. The molecule has 0 saturated heterocycles. The number of aromatic nitrogens is 1. The SMILES string of the molecule is CC(C)COCCOc1nc2c(cc1C(=N)N)CCCC2. The number of rotatable bonds is 7. The van der Waals surface area contributed by atoms with Crippen molar-refractivity contribution in [3.63, 3.8) is 0 Å². The number of ether oxygens (including phenoxy) is 2. The average Bonchev–Trinajstić information content (AvgIpc) is 2.45. The predicted octanol–water partition coefficient (Wildman–Crippen LogP) is 2.30. The maximum absolute atomic E-state index is 7.69. The molecule has 0 radical (unpaired) electrons. The van der Waals surface area contributed by atoms with E-state index in [9.17, 15) is 0 Å². The molecule has 0 aliphatic heterocycles. The summed E-state index contributed by atoms with van der Waals surface area (Å²) in [7, 11) is 0. The summed E-state index contributed by atoms with van der Waals surface area (Å²) in [4.78, 5) is 4.57. The molecule has 2 rings (SSSR count). The molecular formula is C16H25N3O2. The zero-order chi connectivity index (χ0) is 15.2. The molecule has 1 aliphatic carbocycles. The quantitative estimate of drug-likeness (QED) is 0.459. The van der Waals surface area contributed by atoms with Crippen molar-refractivity contribution < 1.29 is 9.47 Å². The minimum Gasteiger partial charge on any atom is -0.475 e. The van der Waals surface area contributed by atoms with Gasteiger partial charge in [0.05, 0.1) is 12.2 Å². The molecule has 3 N–H and O–H groups in total. The van der Waals surface area contributed by atoms with Gasteiger partial charge in [0.1, 0.15) is 12.4 Å². The first-order valence-corrected chi connectivity index (χ1v) is 7.65. The number of nitrogens with one attached hydrogen (secondary N) is 1. The minimum atomic E-state index is 0.00831. The number of pyridine rings is 1. The Bertz CT molecular complexity index is 501. The third-order valence-corrected chi connectivity index (χ3v) is 3.47. The lowest BCUT2D eigenvalue weighted by Gasteiger charge is -2.18. The normalized spacial score (nSPS) is 14.0. The largest absolute Gasteiger partial charge is 0.475 e. The number of nitrogens with zero attached hydrogens (tertiary/aromatic N) is 1. The summed E-state index contributed by atoms with van der Waals surface area (Å²) in [6.07, 6.45) is 4.33. The van der Waals surface area contributed by atoms with E-state index in [0.717, 1.165) is 31.6 Å². The van der Waals surface area contributed by atoms with Crippen molar-refractivity contribution >= 4 is 5.84 Å². The van der Waals surface area contributed by atoms with E-state index in [1.165, 1.54) is 12.0 Å². The second-order valence-electron chi connectivity index (χ2n) is 5.88. The van der Waals surface area contributed by atoms with Gasteiger partial charge < -0.3 is 15.2 Å². The van der Waals surface area contributed by atoms with Crippen molar-refractivity contribution in [3.05, 3.63) is 22.9 Å². The Morgan fingerprint density at radius 2 is 2.10 bits per heavy atom. The molecule has 21 heavy (non-hydrogen) atoms. The van der Waals surface area contributed by atoms with Crippen LogP contribution in [0.4, 0.5) is 0 Å². The van der Waals surface area contributed by atoms with Crippen LogP contribution >= 0.6 is 0 Å². The van der Waals surface area contributed by atoms with Crippen molar-refractivity contribution in [1.29, 1.82) is 5.41 Å². The summed E-state index contributed by atoms with van der Waals surface area (Å²) >= 11 is 0. The lowest BCUT2D eigenvalue weighted by molar-refractivity contribution is 0.0805. The molecule has 1 aliphatic rings. The van der Waals surface area contributed by atoms with Crippen molar-refractivity contribution in [2.75, 3.05) is 19.8 Å². The van der Waals surface area contributed by atoms with Gasteiger partial charge in [-0.15, -0.1) is 0 Å². The van der Waals surface area contributed by atoms with E-state index >= 15 is 0 Å². The number of amidine groups is 1. The maximum atomic E-state index is 7.69. The van der Waals surface area contributed by atoms with Crippen molar-refractivity contribution in [3.8, 4) is 5.88 Å². The molecule has 5 nitrogen and oxygen atoms in total. The van der Waals surface area contributed by atoms with Gasteiger partial charge in [-0.25, -0.2) is 4.98 Å². The Morgan fingerprint density at radius 1 is 1.33 bits per heavy atom. The highest BCUT2D eigenvalue weighted by molar-refractivity contribution is 5.97. The third-order valence-electron chi connectivity index (χ3n) is 3.47. The molecular weight excluding hydrogens is 266 g/mol. The number of fused-ring (bicyclic) bond motifs is 1. The van der Waals surface area contributed by atoms with Crippen LogP contribution in [0.3, 0.4) is 0 Å². The Balaban J connectivity index is 2.01. The fourth-order valence-corrected chi connectivity index (χ4v) is 2.43. The summed E-state index contributed by atoms with van der Waals surface area (Å²) < 4.78 is 11.2. The van der Waals surface area contributed by atoms with Gasteiger partial charge in [0.2, 0.25) is 5.88 Å². The summed E-state index contributed by atoms with van der Waals surface area (Å²) in [6, 6.07) is 1.97. The van der Waals surface area contributed by atoms with Gasteiger partial charge >= 0.3 is 0 Å². The molecule has 1 heterocycles. The zero-order valence-corrected chi connectivity index (χ0v) is 12.9.